The molecule has 6 nitrogen and oxygen atoms in total. The van der Waals surface area contributed by atoms with Crippen molar-refractivity contribution in [1.82, 2.24) is 9.97 Å². The Hall–Kier alpha value is -3.48. The van der Waals surface area contributed by atoms with Crippen LogP contribution in [-0.4, -0.2) is 23.0 Å². The van der Waals surface area contributed by atoms with Crippen LogP contribution in [-0.2, 0) is 0 Å². The van der Waals surface area contributed by atoms with Crippen LogP contribution in [0.25, 0.3) is 0 Å². The van der Waals surface area contributed by atoms with Crippen molar-refractivity contribution >= 4 is 23.2 Å². The minimum atomic E-state index is -0.401. The van der Waals surface area contributed by atoms with E-state index >= 15 is 0 Å². The fourth-order valence-electron chi connectivity index (χ4n) is 2.37. The minimum Gasteiger partial charge on any atom is -0.495 e. The minimum absolute atomic E-state index is 0.183. The van der Waals surface area contributed by atoms with Gasteiger partial charge in [-0.2, -0.15) is 0 Å². The monoisotopic (exact) mass is 352 g/mol. The first kappa shape index (κ1) is 17.3. The summed E-state index contributed by atoms with van der Waals surface area (Å²) in [6, 6.07) is 14.6. The first-order valence-electron chi connectivity index (χ1n) is 7.88. The molecule has 0 unspecified atom stereocenters. The standard InChI is InChI=1S/C19H17FN4O2/c1-12-10-16(18(25)23-15-8-3-4-9-17(15)26-2)24-19(21-12)22-14-7-5-6-13(20)11-14/h3-11H,1-2H3,(H,23,25)(H,21,22,24). The van der Waals surface area contributed by atoms with Gasteiger partial charge in [-0.05, 0) is 43.3 Å². The van der Waals surface area contributed by atoms with Crippen LogP contribution in [0.3, 0.4) is 0 Å². The summed E-state index contributed by atoms with van der Waals surface area (Å²) in [5, 5.41) is 5.66. The summed E-state index contributed by atoms with van der Waals surface area (Å²) in [4.78, 5) is 21.0. The summed E-state index contributed by atoms with van der Waals surface area (Å²) in [6.45, 7) is 1.75. The third-order valence-electron chi connectivity index (χ3n) is 3.52. The van der Waals surface area contributed by atoms with Crippen LogP contribution in [0.1, 0.15) is 16.2 Å². The molecule has 0 radical (unpaired) electrons. The smallest absolute Gasteiger partial charge is 0.274 e. The summed E-state index contributed by atoms with van der Waals surface area (Å²) in [5.41, 5.74) is 1.81. The van der Waals surface area contributed by atoms with Crippen LogP contribution in [0.5, 0.6) is 5.75 Å². The maximum Gasteiger partial charge on any atom is 0.274 e. The second-order valence-electron chi connectivity index (χ2n) is 5.51. The van der Waals surface area contributed by atoms with Gasteiger partial charge in [0.2, 0.25) is 5.95 Å². The summed E-state index contributed by atoms with van der Waals surface area (Å²) in [5.74, 6) is -0.0235. The fraction of sp³-hybridized carbons (Fsp3) is 0.105. The van der Waals surface area contributed by atoms with Gasteiger partial charge in [-0.15, -0.1) is 0 Å². The number of methoxy groups -OCH3 is 1. The van der Waals surface area contributed by atoms with Crippen LogP contribution in [0.15, 0.2) is 54.6 Å². The molecular weight excluding hydrogens is 335 g/mol. The third kappa shape index (κ3) is 4.13. The molecule has 2 N–H and O–H groups in total. The number of para-hydroxylation sites is 2. The molecule has 0 fully saturated rings. The normalized spacial score (nSPS) is 10.3. The maximum atomic E-state index is 13.3. The molecule has 0 aliphatic carbocycles. The maximum absolute atomic E-state index is 13.3. The van der Waals surface area contributed by atoms with Crippen molar-refractivity contribution in [3.8, 4) is 5.75 Å². The number of nitrogens with zero attached hydrogens (tertiary/aromatic N) is 2. The molecule has 1 heterocycles. The van der Waals surface area contributed by atoms with Crippen molar-refractivity contribution in [3.63, 3.8) is 0 Å². The molecule has 7 heteroatoms. The molecule has 3 aromatic rings. The number of halogens is 1. The summed E-state index contributed by atoms with van der Waals surface area (Å²) < 4.78 is 18.5. The topological polar surface area (TPSA) is 76.1 Å². The largest absolute Gasteiger partial charge is 0.495 e. The lowest BCUT2D eigenvalue weighted by Gasteiger charge is -2.11. The average Bonchev–Trinajstić information content (AvgIpc) is 2.61. The Kier molecular flexibility index (Phi) is 5.07. The highest BCUT2D eigenvalue weighted by atomic mass is 19.1. The van der Waals surface area contributed by atoms with Crippen LogP contribution >= 0.6 is 0 Å². The highest BCUT2D eigenvalue weighted by Gasteiger charge is 2.13. The Morgan fingerprint density at radius 3 is 2.65 bits per heavy atom. The molecular formula is C19H17FN4O2. The fourth-order valence-corrected chi connectivity index (χ4v) is 2.37. The summed E-state index contributed by atoms with van der Waals surface area (Å²) >= 11 is 0. The molecule has 0 atom stereocenters. The molecule has 0 aliphatic rings. The van der Waals surface area contributed by atoms with Gasteiger partial charge in [-0.3, -0.25) is 4.79 Å². The average molecular weight is 352 g/mol. The quantitative estimate of drug-likeness (QED) is 0.728. The zero-order chi connectivity index (χ0) is 18.5. The first-order chi connectivity index (χ1) is 12.5. The van der Waals surface area contributed by atoms with E-state index in [-0.39, 0.29) is 17.5 Å². The summed E-state index contributed by atoms with van der Waals surface area (Å²) in [7, 11) is 1.53. The highest BCUT2D eigenvalue weighted by Crippen LogP contribution is 2.23. The van der Waals surface area contributed by atoms with Gasteiger partial charge in [-0.25, -0.2) is 14.4 Å². The van der Waals surface area contributed by atoms with Crippen molar-refractivity contribution in [2.24, 2.45) is 0 Å². The number of amides is 1. The number of rotatable bonds is 5. The molecule has 132 valence electrons. The molecule has 2 aromatic carbocycles. The first-order valence-corrected chi connectivity index (χ1v) is 7.88. The SMILES string of the molecule is COc1ccccc1NC(=O)c1cc(C)nc(Nc2cccc(F)c2)n1. The van der Waals surface area contributed by atoms with Crippen molar-refractivity contribution in [2.75, 3.05) is 17.7 Å². The van der Waals surface area contributed by atoms with Gasteiger partial charge in [0, 0.05) is 11.4 Å². The lowest BCUT2D eigenvalue weighted by atomic mass is 10.2. The Morgan fingerprint density at radius 1 is 1.08 bits per heavy atom. The molecule has 3 rings (SSSR count). The van der Waals surface area contributed by atoms with E-state index < -0.39 is 5.91 Å². The van der Waals surface area contributed by atoms with Gasteiger partial charge in [0.25, 0.3) is 5.91 Å². The Morgan fingerprint density at radius 2 is 1.88 bits per heavy atom. The predicted octanol–water partition coefficient (Wildman–Crippen LogP) is 3.93. The number of nitrogens with one attached hydrogen (secondary N) is 2. The number of hydrogen-bond acceptors (Lipinski definition) is 5. The summed E-state index contributed by atoms with van der Waals surface area (Å²) in [6.07, 6.45) is 0. The number of hydrogen-bond donors (Lipinski definition) is 2. The molecule has 0 saturated heterocycles. The lowest BCUT2D eigenvalue weighted by molar-refractivity contribution is 0.102. The predicted molar refractivity (Wildman–Crippen MR) is 97.4 cm³/mol. The van der Waals surface area contributed by atoms with Gasteiger partial charge in [0.05, 0.1) is 12.8 Å². The van der Waals surface area contributed by atoms with E-state index in [1.807, 2.05) is 6.07 Å². The Bertz CT molecular complexity index is 946. The van der Waals surface area contributed by atoms with E-state index in [0.29, 0.717) is 22.8 Å². The van der Waals surface area contributed by atoms with E-state index in [1.165, 1.54) is 19.2 Å². The Labute approximate surface area is 150 Å². The van der Waals surface area contributed by atoms with Crippen LogP contribution in [0, 0.1) is 12.7 Å². The number of aryl methyl sites for hydroxylation is 1. The number of benzene rings is 2. The molecule has 0 saturated carbocycles. The zero-order valence-corrected chi connectivity index (χ0v) is 14.3. The number of anilines is 3. The van der Waals surface area contributed by atoms with Gasteiger partial charge in [0.15, 0.2) is 0 Å². The van der Waals surface area contributed by atoms with Crippen LogP contribution < -0.4 is 15.4 Å². The molecule has 1 amide bonds. The highest BCUT2D eigenvalue weighted by molar-refractivity contribution is 6.03. The second kappa shape index (κ2) is 7.60. The van der Waals surface area contributed by atoms with E-state index in [1.54, 1.807) is 43.3 Å². The van der Waals surface area contributed by atoms with E-state index in [9.17, 15) is 9.18 Å². The van der Waals surface area contributed by atoms with Crippen LogP contribution in [0.2, 0.25) is 0 Å². The number of carbonyl (C=O) groups excluding carboxylic acids is 1. The Balaban J connectivity index is 1.83. The van der Waals surface area contributed by atoms with Gasteiger partial charge < -0.3 is 15.4 Å². The van der Waals surface area contributed by atoms with Crippen molar-refractivity contribution in [3.05, 3.63) is 71.8 Å². The zero-order valence-electron chi connectivity index (χ0n) is 14.3. The van der Waals surface area contributed by atoms with Crippen LogP contribution in [0.4, 0.5) is 21.7 Å². The van der Waals surface area contributed by atoms with E-state index in [2.05, 4.69) is 20.6 Å². The van der Waals surface area contributed by atoms with Gasteiger partial charge in [0.1, 0.15) is 17.3 Å². The number of carbonyl (C=O) groups is 1. The van der Waals surface area contributed by atoms with E-state index in [4.69, 9.17) is 4.74 Å². The van der Waals surface area contributed by atoms with Crippen molar-refractivity contribution < 1.29 is 13.9 Å². The molecule has 26 heavy (non-hydrogen) atoms. The van der Waals surface area contributed by atoms with Gasteiger partial charge in [-0.1, -0.05) is 18.2 Å². The molecule has 1 aromatic heterocycles. The second-order valence-corrected chi connectivity index (χ2v) is 5.51. The molecule has 0 bridgehead atoms. The number of aromatic nitrogens is 2. The van der Waals surface area contributed by atoms with E-state index in [0.717, 1.165) is 0 Å². The number of ether oxygens (including phenoxy) is 1. The van der Waals surface area contributed by atoms with Gasteiger partial charge >= 0.3 is 0 Å². The molecule has 0 spiro atoms. The molecule has 0 aliphatic heterocycles. The lowest BCUT2D eigenvalue weighted by Crippen LogP contribution is -2.16. The van der Waals surface area contributed by atoms with Crippen molar-refractivity contribution in [1.29, 1.82) is 0 Å². The van der Waals surface area contributed by atoms with Crippen molar-refractivity contribution in [2.45, 2.75) is 6.92 Å². The third-order valence-corrected chi connectivity index (χ3v) is 3.52.